The highest BCUT2D eigenvalue weighted by Gasteiger charge is 2.40. The van der Waals surface area contributed by atoms with Crippen LogP contribution in [-0.4, -0.2) is 42.5 Å². The van der Waals surface area contributed by atoms with Gasteiger partial charge in [0.05, 0.1) is 17.2 Å². The molecular weight excluding hydrogens is 697 g/mol. The monoisotopic (exact) mass is 734 g/mol. The number of amides is 4. The summed E-state index contributed by atoms with van der Waals surface area (Å²) in [7, 11) is 0. The number of nitro groups is 1. The SMILES string of the molecule is CCOc1cc(/C=C2\C(=O)NC(=O)N(c3cc4c5c(c3)[C@@H](c3ccccc3)CCN5CC[C@@H]4c3ccccc3)C2=O)ccc1OCc1cccc([N+](=O)[O-])c1. The Bertz CT molecular complexity index is 2270. The highest BCUT2D eigenvalue weighted by atomic mass is 16.6. The molecule has 2 atom stereocenters. The Balaban J connectivity index is 1.16. The van der Waals surface area contributed by atoms with Gasteiger partial charge in [-0.2, -0.15) is 0 Å². The standard InChI is InChI=1S/C44H38N4O7/c1-2-54-40-24-28(16-17-39(40)55-27-29-10-9-15-32(22-29)48(52)53)23-38-42(49)45-44(51)47(43(38)50)33-25-36-34(30-11-5-3-6-12-30)18-20-46-21-19-35(37(26-33)41(36)46)31-13-7-4-8-14-31/h3-17,22-26,34-35H,2,18-21,27H2,1H3,(H,45,49,51)/b38-23+/t34-,35-/m1/s1. The third-order valence-electron chi connectivity index (χ3n) is 10.5. The Kier molecular flexibility index (Phi) is 9.59. The second-order valence-electron chi connectivity index (χ2n) is 13.8. The molecule has 0 radical (unpaired) electrons. The van der Waals surface area contributed by atoms with Crippen LogP contribution in [0.25, 0.3) is 6.08 Å². The molecular formula is C44H38N4O7. The van der Waals surface area contributed by atoms with Gasteiger partial charge in [-0.1, -0.05) is 78.9 Å². The van der Waals surface area contributed by atoms with Crippen LogP contribution in [0.15, 0.2) is 121 Å². The molecule has 5 aromatic carbocycles. The lowest BCUT2D eigenvalue weighted by Crippen LogP contribution is -2.54. The number of anilines is 2. The molecule has 8 rings (SSSR count). The van der Waals surface area contributed by atoms with Crippen molar-refractivity contribution in [2.75, 3.05) is 29.5 Å². The molecule has 1 saturated heterocycles. The molecule has 3 heterocycles. The quantitative estimate of drug-likeness (QED) is 0.0659. The number of urea groups is 1. The first-order valence-corrected chi connectivity index (χ1v) is 18.4. The van der Waals surface area contributed by atoms with Crippen LogP contribution >= 0.6 is 0 Å². The fourth-order valence-electron chi connectivity index (χ4n) is 7.95. The number of hydrogen-bond acceptors (Lipinski definition) is 8. The summed E-state index contributed by atoms with van der Waals surface area (Å²) in [5, 5.41) is 13.6. The molecule has 55 heavy (non-hydrogen) atoms. The second kappa shape index (κ2) is 14.9. The van der Waals surface area contributed by atoms with Crippen molar-refractivity contribution >= 4 is 41.0 Å². The molecule has 0 spiro atoms. The first-order chi connectivity index (χ1) is 26.8. The summed E-state index contributed by atoms with van der Waals surface area (Å²) >= 11 is 0. The second-order valence-corrected chi connectivity index (χ2v) is 13.8. The van der Waals surface area contributed by atoms with Crippen molar-refractivity contribution in [1.29, 1.82) is 0 Å². The van der Waals surface area contributed by atoms with E-state index in [1.807, 2.05) is 55.5 Å². The van der Waals surface area contributed by atoms with Gasteiger partial charge in [0.2, 0.25) is 0 Å². The highest BCUT2D eigenvalue weighted by Crippen LogP contribution is 2.50. The Morgan fingerprint density at radius 1 is 0.782 bits per heavy atom. The lowest BCUT2D eigenvalue weighted by molar-refractivity contribution is -0.384. The summed E-state index contributed by atoms with van der Waals surface area (Å²) < 4.78 is 11.8. The van der Waals surface area contributed by atoms with Gasteiger partial charge in [0.25, 0.3) is 17.5 Å². The van der Waals surface area contributed by atoms with Crippen LogP contribution in [0.3, 0.4) is 0 Å². The Morgan fingerprint density at radius 3 is 2.05 bits per heavy atom. The van der Waals surface area contributed by atoms with E-state index in [-0.39, 0.29) is 29.7 Å². The van der Waals surface area contributed by atoms with Crippen molar-refractivity contribution in [2.45, 2.75) is 38.2 Å². The minimum atomic E-state index is -0.810. The number of non-ortho nitro benzene ring substituents is 1. The van der Waals surface area contributed by atoms with E-state index in [1.165, 1.54) is 18.2 Å². The largest absolute Gasteiger partial charge is 0.490 e. The van der Waals surface area contributed by atoms with E-state index < -0.39 is 22.8 Å². The van der Waals surface area contributed by atoms with Gasteiger partial charge in [-0.15, -0.1) is 0 Å². The summed E-state index contributed by atoms with van der Waals surface area (Å²) in [5.74, 6) is -0.697. The average molecular weight is 735 g/mol. The molecule has 0 aliphatic carbocycles. The van der Waals surface area contributed by atoms with Crippen LogP contribution in [0.4, 0.5) is 21.9 Å². The summed E-state index contributed by atoms with van der Waals surface area (Å²) in [5.41, 5.74) is 6.81. The Labute approximate surface area is 317 Å². The molecule has 3 aliphatic rings. The number of nitrogens with one attached hydrogen (secondary N) is 1. The molecule has 0 saturated carbocycles. The number of ether oxygens (including phenoxy) is 2. The minimum Gasteiger partial charge on any atom is -0.490 e. The van der Waals surface area contributed by atoms with Gasteiger partial charge in [0, 0.05) is 42.7 Å². The number of nitro benzene ring substituents is 1. The van der Waals surface area contributed by atoms with Crippen molar-refractivity contribution in [3.8, 4) is 11.5 Å². The van der Waals surface area contributed by atoms with E-state index in [0.29, 0.717) is 34.9 Å². The smallest absolute Gasteiger partial charge is 0.335 e. The number of nitrogens with zero attached hydrogens (tertiary/aromatic N) is 3. The molecule has 11 heteroatoms. The molecule has 3 aliphatic heterocycles. The number of imide groups is 2. The first kappa shape index (κ1) is 35.3. The van der Waals surface area contributed by atoms with E-state index in [2.05, 4.69) is 34.5 Å². The van der Waals surface area contributed by atoms with E-state index >= 15 is 0 Å². The number of hydrogen-bond donors (Lipinski definition) is 1. The zero-order valence-electron chi connectivity index (χ0n) is 30.1. The van der Waals surface area contributed by atoms with Crippen molar-refractivity contribution < 1.29 is 28.8 Å². The topological polar surface area (TPSA) is 131 Å². The van der Waals surface area contributed by atoms with Crippen LogP contribution in [-0.2, 0) is 16.2 Å². The Hall–Kier alpha value is -6.75. The fourth-order valence-corrected chi connectivity index (χ4v) is 7.95. The molecule has 11 nitrogen and oxygen atoms in total. The first-order valence-electron chi connectivity index (χ1n) is 18.4. The minimum absolute atomic E-state index is 0.0418. The third kappa shape index (κ3) is 6.92. The molecule has 276 valence electrons. The summed E-state index contributed by atoms with van der Waals surface area (Å²) in [6.07, 6.45) is 3.20. The predicted molar refractivity (Wildman–Crippen MR) is 209 cm³/mol. The van der Waals surface area contributed by atoms with Crippen molar-refractivity contribution in [3.05, 3.63) is 164 Å². The zero-order valence-corrected chi connectivity index (χ0v) is 30.1. The van der Waals surface area contributed by atoms with Crippen LogP contribution in [0.1, 0.15) is 65.0 Å². The van der Waals surface area contributed by atoms with Gasteiger partial charge in [-0.3, -0.25) is 25.0 Å². The van der Waals surface area contributed by atoms with Gasteiger partial charge in [-0.05, 0) is 83.5 Å². The van der Waals surface area contributed by atoms with E-state index in [1.54, 1.807) is 30.3 Å². The van der Waals surface area contributed by atoms with Gasteiger partial charge >= 0.3 is 6.03 Å². The van der Waals surface area contributed by atoms with E-state index in [9.17, 15) is 24.5 Å². The van der Waals surface area contributed by atoms with Crippen molar-refractivity contribution in [1.82, 2.24) is 5.32 Å². The molecule has 1 fully saturated rings. The molecule has 4 amide bonds. The summed E-state index contributed by atoms with van der Waals surface area (Å²) in [4.78, 5) is 55.6. The maximum atomic E-state index is 14.4. The zero-order chi connectivity index (χ0) is 38.1. The van der Waals surface area contributed by atoms with Crippen LogP contribution < -0.4 is 24.6 Å². The molecule has 0 unspecified atom stereocenters. The lowest BCUT2D eigenvalue weighted by Gasteiger charge is -2.44. The Morgan fingerprint density at radius 2 is 1.44 bits per heavy atom. The summed E-state index contributed by atoms with van der Waals surface area (Å²) in [6, 6.07) is 34.8. The average Bonchev–Trinajstić information content (AvgIpc) is 3.20. The van der Waals surface area contributed by atoms with E-state index in [0.717, 1.165) is 58.8 Å². The molecule has 0 aromatic heterocycles. The normalized spacial score (nSPS) is 18.5. The molecule has 1 N–H and O–H groups in total. The number of carbonyl (C=O) groups is 3. The maximum absolute atomic E-state index is 14.4. The van der Waals surface area contributed by atoms with Gasteiger partial charge in [-0.25, -0.2) is 9.69 Å². The van der Waals surface area contributed by atoms with Crippen LogP contribution in [0.2, 0.25) is 0 Å². The highest BCUT2D eigenvalue weighted by molar-refractivity contribution is 6.39. The number of rotatable bonds is 10. The van der Waals surface area contributed by atoms with Crippen LogP contribution in [0.5, 0.6) is 11.5 Å². The molecule has 5 aromatic rings. The molecule has 0 bridgehead atoms. The van der Waals surface area contributed by atoms with Crippen molar-refractivity contribution in [2.24, 2.45) is 0 Å². The van der Waals surface area contributed by atoms with Gasteiger partial charge in [0.15, 0.2) is 11.5 Å². The number of carbonyl (C=O) groups excluding carboxylic acids is 3. The number of barbiturate groups is 1. The van der Waals surface area contributed by atoms with Gasteiger partial charge in [0.1, 0.15) is 12.2 Å². The van der Waals surface area contributed by atoms with Crippen molar-refractivity contribution in [3.63, 3.8) is 0 Å². The number of benzene rings is 5. The van der Waals surface area contributed by atoms with Gasteiger partial charge < -0.3 is 14.4 Å². The lowest BCUT2D eigenvalue weighted by atomic mass is 9.76. The predicted octanol–water partition coefficient (Wildman–Crippen LogP) is 8.12. The fraction of sp³-hybridized carbons (Fsp3) is 0.205. The maximum Gasteiger partial charge on any atom is 0.335 e. The van der Waals surface area contributed by atoms with Crippen LogP contribution in [0, 0.1) is 10.1 Å². The van der Waals surface area contributed by atoms with E-state index in [4.69, 9.17) is 9.47 Å². The third-order valence-corrected chi connectivity index (χ3v) is 10.5. The summed E-state index contributed by atoms with van der Waals surface area (Å²) in [6.45, 7) is 3.96.